The molecule has 0 aromatic rings. The SMILES string of the molecule is CC(=O)N[C@@H](CS)C(=O)O.Cl.Cl.NC(CS)C(=O)O.N[C@@H](CS)C(=O)O. The lowest BCUT2D eigenvalue weighted by atomic mass is 10.3. The van der Waals surface area contributed by atoms with E-state index in [4.69, 9.17) is 26.8 Å². The molecule has 0 fully saturated rings. The van der Waals surface area contributed by atoms with E-state index in [1.807, 2.05) is 0 Å². The van der Waals surface area contributed by atoms with Crippen molar-refractivity contribution in [3.05, 3.63) is 0 Å². The second-order valence-corrected chi connectivity index (χ2v) is 5.12. The number of carbonyl (C=O) groups excluding carboxylic acids is 1. The number of nitrogens with one attached hydrogen (secondary N) is 1. The van der Waals surface area contributed by atoms with E-state index in [2.05, 4.69) is 43.2 Å². The maximum absolute atomic E-state index is 10.3. The van der Waals surface area contributed by atoms with Crippen LogP contribution in [-0.2, 0) is 19.2 Å². The molecule has 10 nitrogen and oxygen atoms in total. The minimum atomic E-state index is -1.06. The Bertz CT molecular complexity index is 402. The van der Waals surface area contributed by atoms with Gasteiger partial charge in [0.25, 0.3) is 0 Å². The Hall–Kier alpha value is -0.570. The molecule has 0 saturated heterocycles. The van der Waals surface area contributed by atoms with Crippen LogP contribution in [-0.4, -0.2) is 74.5 Å². The quantitative estimate of drug-likeness (QED) is 0.207. The Labute approximate surface area is 179 Å². The summed E-state index contributed by atoms with van der Waals surface area (Å²) in [6.45, 7) is 1.26. The van der Waals surface area contributed by atoms with Crippen LogP contribution in [0.1, 0.15) is 6.92 Å². The molecule has 3 atom stereocenters. The van der Waals surface area contributed by atoms with E-state index in [1.165, 1.54) is 6.92 Å². The molecule has 0 rings (SSSR count). The molecule has 0 aliphatic heterocycles. The first-order valence-corrected chi connectivity index (χ1v) is 8.13. The van der Waals surface area contributed by atoms with Crippen molar-refractivity contribution in [2.24, 2.45) is 11.5 Å². The van der Waals surface area contributed by atoms with Gasteiger partial charge in [-0.3, -0.25) is 14.4 Å². The Morgan fingerprint density at radius 2 is 1.12 bits per heavy atom. The van der Waals surface area contributed by atoms with E-state index in [-0.39, 0.29) is 48.0 Å². The average Bonchev–Trinajstić information content (AvgIpc) is 2.51. The smallest absolute Gasteiger partial charge is 0.327 e. The summed E-state index contributed by atoms with van der Waals surface area (Å²) in [6.07, 6.45) is 0. The van der Waals surface area contributed by atoms with Crippen molar-refractivity contribution >= 4 is 86.5 Å². The van der Waals surface area contributed by atoms with Gasteiger partial charge in [-0.15, -0.1) is 24.8 Å². The van der Waals surface area contributed by atoms with Gasteiger partial charge in [0.15, 0.2) is 0 Å². The summed E-state index contributed by atoms with van der Waals surface area (Å²) in [5.74, 6) is -2.95. The van der Waals surface area contributed by atoms with E-state index < -0.39 is 36.0 Å². The number of rotatable bonds is 7. The lowest BCUT2D eigenvalue weighted by molar-refractivity contribution is -0.141. The first-order valence-electron chi connectivity index (χ1n) is 6.23. The monoisotopic (exact) mass is 477 g/mol. The first kappa shape index (κ1) is 36.4. The fraction of sp³-hybridized carbons (Fsp3) is 0.636. The van der Waals surface area contributed by atoms with E-state index in [0.29, 0.717) is 0 Å². The highest BCUT2D eigenvalue weighted by Gasteiger charge is 2.15. The minimum absolute atomic E-state index is 0. The van der Waals surface area contributed by atoms with Crippen LogP contribution in [0.2, 0.25) is 0 Å². The van der Waals surface area contributed by atoms with E-state index in [1.54, 1.807) is 0 Å². The molecule has 0 aromatic heterocycles. The van der Waals surface area contributed by atoms with Gasteiger partial charge in [0.1, 0.15) is 18.1 Å². The Balaban J connectivity index is -0.0000000836. The number of amides is 1. The van der Waals surface area contributed by atoms with Gasteiger partial charge in [0.2, 0.25) is 5.91 Å². The zero-order chi connectivity index (χ0) is 19.9. The van der Waals surface area contributed by atoms with Gasteiger partial charge >= 0.3 is 17.9 Å². The molecule has 26 heavy (non-hydrogen) atoms. The zero-order valence-corrected chi connectivity index (χ0v) is 18.0. The molecule has 0 spiro atoms. The largest absolute Gasteiger partial charge is 0.480 e. The van der Waals surface area contributed by atoms with Gasteiger partial charge in [-0.25, -0.2) is 4.79 Å². The van der Waals surface area contributed by atoms with Crippen molar-refractivity contribution in [3.8, 4) is 0 Å². The minimum Gasteiger partial charge on any atom is -0.480 e. The zero-order valence-electron chi connectivity index (χ0n) is 13.6. The van der Waals surface area contributed by atoms with Crippen LogP contribution >= 0.6 is 62.7 Å². The van der Waals surface area contributed by atoms with Gasteiger partial charge in [0, 0.05) is 24.2 Å². The van der Waals surface area contributed by atoms with E-state index >= 15 is 0 Å². The Morgan fingerprint density at radius 3 is 1.15 bits per heavy atom. The van der Waals surface area contributed by atoms with Crippen LogP contribution in [0.25, 0.3) is 0 Å². The number of hydrogen-bond acceptors (Lipinski definition) is 9. The summed E-state index contributed by atoms with van der Waals surface area (Å²) in [6, 6.07) is -2.51. The third-order valence-corrected chi connectivity index (χ3v) is 3.04. The van der Waals surface area contributed by atoms with E-state index in [9.17, 15) is 19.2 Å². The number of thiol groups is 3. The average molecular weight is 478 g/mol. The molecule has 0 aromatic carbocycles. The number of halogens is 2. The summed E-state index contributed by atoms with van der Waals surface area (Å²) in [4.78, 5) is 40.0. The van der Waals surface area contributed by atoms with Gasteiger partial charge in [-0.2, -0.15) is 37.9 Å². The summed E-state index contributed by atoms with van der Waals surface area (Å²) in [5, 5.41) is 26.6. The predicted molar refractivity (Wildman–Crippen MR) is 113 cm³/mol. The second kappa shape index (κ2) is 22.5. The van der Waals surface area contributed by atoms with Crippen molar-refractivity contribution in [2.75, 3.05) is 17.3 Å². The highest BCUT2D eigenvalue weighted by molar-refractivity contribution is 7.80. The maximum Gasteiger partial charge on any atom is 0.327 e. The molecule has 0 saturated carbocycles. The number of aliphatic carboxylic acids is 3. The molecule has 0 heterocycles. The summed E-state index contributed by atoms with van der Waals surface area (Å²) < 4.78 is 0. The molecule has 15 heteroatoms. The topological polar surface area (TPSA) is 193 Å². The number of carboxylic acid groups (broad SMARTS) is 3. The third-order valence-electron chi connectivity index (χ3n) is 1.89. The fourth-order valence-corrected chi connectivity index (χ4v) is 1.15. The Morgan fingerprint density at radius 1 is 0.808 bits per heavy atom. The molecule has 1 unspecified atom stereocenters. The number of carbonyl (C=O) groups is 4. The lowest BCUT2D eigenvalue weighted by Crippen LogP contribution is -2.40. The fourth-order valence-electron chi connectivity index (χ4n) is 0.587. The molecule has 158 valence electrons. The second-order valence-electron chi connectivity index (χ2n) is 4.03. The van der Waals surface area contributed by atoms with E-state index in [0.717, 1.165) is 0 Å². The molecular weight excluding hydrogens is 453 g/mol. The molecule has 8 N–H and O–H groups in total. The normalized spacial score (nSPS) is 11.9. The molecule has 1 amide bonds. The van der Waals surface area contributed by atoms with Crippen molar-refractivity contribution in [2.45, 2.75) is 25.0 Å². The molecular formula is C11H25Cl2N3O7S3. The van der Waals surface area contributed by atoms with Crippen LogP contribution < -0.4 is 16.8 Å². The maximum atomic E-state index is 10.3. The Kier molecular flexibility index (Phi) is 31.4. The number of carboxylic acids is 3. The van der Waals surface area contributed by atoms with Gasteiger partial charge in [-0.05, 0) is 0 Å². The highest BCUT2D eigenvalue weighted by Crippen LogP contribution is 1.87. The molecule has 0 bridgehead atoms. The van der Waals surface area contributed by atoms with Gasteiger partial charge in [0.05, 0.1) is 0 Å². The summed E-state index contributed by atoms with van der Waals surface area (Å²) in [5.41, 5.74) is 9.88. The molecule has 0 aliphatic rings. The van der Waals surface area contributed by atoms with Crippen LogP contribution in [0.5, 0.6) is 0 Å². The van der Waals surface area contributed by atoms with Crippen molar-refractivity contribution in [1.29, 1.82) is 0 Å². The van der Waals surface area contributed by atoms with Crippen molar-refractivity contribution in [1.82, 2.24) is 5.32 Å². The standard InChI is InChI=1S/C5H9NO3S.2C3H7NO2S.2ClH/c1-3(7)6-4(2-10)5(8)9;2*4-2(1-7)3(5)6;;/h4,10H,2H2,1H3,(H,6,7)(H,8,9);2*2,7H,1,4H2,(H,5,6);2*1H/t4-;2-;;;/m00.../s1. The van der Waals surface area contributed by atoms with Crippen LogP contribution in [0.3, 0.4) is 0 Å². The summed E-state index contributed by atoms with van der Waals surface area (Å²) >= 11 is 11.0. The molecule has 0 aliphatic carbocycles. The third kappa shape index (κ3) is 25.7. The first-order chi connectivity index (χ1) is 10.9. The number of hydrogen-bond donors (Lipinski definition) is 9. The highest BCUT2D eigenvalue weighted by atomic mass is 35.5. The van der Waals surface area contributed by atoms with Crippen LogP contribution in [0.15, 0.2) is 0 Å². The van der Waals surface area contributed by atoms with Crippen LogP contribution in [0.4, 0.5) is 0 Å². The predicted octanol–water partition coefficient (Wildman–Crippen LogP) is -0.995. The summed E-state index contributed by atoms with van der Waals surface area (Å²) in [7, 11) is 0. The number of nitrogens with two attached hydrogens (primary N) is 2. The van der Waals surface area contributed by atoms with Gasteiger partial charge < -0.3 is 32.1 Å². The van der Waals surface area contributed by atoms with Crippen molar-refractivity contribution in [3.63, 3.8) is 0 Å². The van der Waals surface area contributed by atoms with Crippen LogP contribution in [0, 0.1) is 0 Å². The van der Waals surface area contributed by atoms with Crippen molar-refractivity contribution < 1.29 is 34.5 Å². The van der Waals surface area contributed by atoms with Gasteiger partial charge in [-0.1, -0.05) is 0 Å². The lowest BCUT2D eigenvalue weighted by Gasteiger charge is -2.08. The molecule has 0 radical (unpaired) electrons.